The molecule has 7 heteroatoms. The maximum atomic E-state index is 13.7. The number of anilines is 1. The fraction of sp³-hybridized carbons (Fsp3) is 0.375. The second-order valence-corrected chi connectivity index (χ2v) is 5.53. The fourth-order valence-electron chi connectivity index (χ4n) is 2.74. The Hall–Kier alpha value is -2.59. The van der Waals surface area contributed by atoms with Crippen LogP contribution in [0.4, 0.5) is 10.1 Å². The Labute approximate surface area is 133 Å². The summed E-state index contributed by atoms with van der Waals surface area (Å²) in [5.41, 5.74) is 6.98. The minimum absolute atomic E-state index is 0.0920. The lowest BCUT2D eigenvalue weighted by Crippen LogP contribution is -2.30. The normalized spacial score (nSPS) is 15.3. The molecule has 0 amide bonds. The highest BCUT2D eigenvalue weighted by molar-refractivity contribution is 5.43. The van der Waals surface area contributed by atoms with Crippen LogP contribution in [0.15, 0.2) is 24.4 Å². The molecule has 0 radical (unpaired) electrons. The van der Waals surface area contributed by atoms with Crippen molar-refractivity contribution in [3.8, 4) is 11.8 Å². The van der Waals surface area contributed by atoms with Gasteiger partial charge in [0.25, 0.3) is 0 Å². The van der Waals surface area contributed by atoms with Crippen molar-refractivity contribution in [1.82, 2.24) is 15.1 Å². The van der Waals surface area contributed by atoms with Crippen LogP contribution in [0.1, 0.15) is 30.1 Å². The molecule has 3 N–H and O–H groups in total. The highest BCUT2D eigenvalue weighted by Gasteiger charge is 2.21. The molecule has 1 aliphatic heterocycles. The molecule has 120 valence electrons. The average Bonchev–Trinajstić information content (AvgIpc) is 2.98. The first-order valence-corrected chi connectivity index (χ1v) is 7.54. The summed E-state index contributed by atoms with van der Waals surface area (Å²) >= 11 is 0. The third-order valence-corrected chi connectivity index (χ3v) is 3.97. The number of rotatable bonds is 4. The van der Waals surface area contributed by atoms with Crippen molar-refractivity contribution in [2.24, 2.45) is 0 Å². The molecule has 0 spiro atoms. The third kappa shape index (κ3) is 3.27. The van der Waals surface area contributed by atoms with E-state index in [9.17, 15) is 9.65 Å². The number of halogens is 1. The standard InChI is InChI=1S/C16H18FN5O/c17-14-7-12(19)1-2-16(14)23-10-11-9-21-22(15(11)8-18)13-3-5-20-6-4-13/h1-2,7,9,13,20H,3-6,10,19H2. The van der Waals surface area contributed by atoms with Crippen LogP contribution in [0.3, 0.4) is 0 Å². The third-order valence-electron chi connectivity index (χ3n) is 3.97. The van der Waals surface area contributed by atoms with Gasteiger partial charge in [-0.3, -0.25) is 4.68 Å². The van der Waals surface area contributed by atoms with Crippen molar-refractivity contribution in [2.75, 3.05) is 18.8 Å². The zero-order valence-corrected chi connectivity index (χ0v) is 12.6. The number of nitrogens with two attached hydrogens (primary N) is 1. The predicted octanol–water partition coefficient (Wildman–Crippen LogP) is 1.98. The van der Waals surface area contributed by atoms with Gasteiger partial charge in [-0.1, -0.05) is 0 Å². The largest absolute Gasteiger partial charge is 0.486 e. The molecule has 23 heavy (non-hydrogen) atoms. The number of nitrogen functional groups attached to an aromatic ring is 1. The number of benzene rings is 1. The molecule has 0 unspecified atom stereocenters. The molecule has 2 heterocycles. The lowest BCUT2D eigenvalue weighted by atomic mass is 10.1. The van der Waals surface area contributed by atoms with Crippen LogP contribution in [-0.4, -0.2) is 22.9 Å². The number of nitrogens with zero attached hydrogens (tertiary/aromatic N) is 3. The Morgan fingerprint density at radius 2 is 2.22 bits per heavy atom. The van der Waals surface area contributed by atoms with Crippen LogP contribution in [0.2, 0.25) is 0 Å². The van der Waals surface area contributed by atoms with Gasteiger partial charge < -0.3 is 15.8 Å². The zero-order chi connectivity index (χ0) is 16.2. The minimum Gasteiger partial charge on any atom is -0.486 e. The monoisotopic (exact) mass is 315 g/mol. The van der Waals surface area contributed by atoms with Gasteiger partial charge in [-0.15, -0.1) is 0 Å². The van der Waals surface area contributed by atoms with Gasteiger partial charge in [-0.2, -0.15) is 10.4 Å². The molecule has 0 atom stereocenters. The topological polar surface area (TPSA) is 88.9 Å². The van der Waals surface area contributed by atoms with E-state index in [1.165, 1.54) is 12.1 Å². The molecule has 1 aromatic heterocycles. The lowest BCUT2D eigenvalue weighted by molar-refractivity contribution is 0.289. The Balaban J connectivity index is 1.75. The van der Waals surface area contributed by atoms with Gasteiger partial charge >= 0.3 is 0 Å². The van der Waals surface area contributed by atoms with Crippen LogP contribution in [0.5, 0.6) is 5.75 Å². The van der Waals surface area contributed by atoms with Crippen molar-refractivity contribution < 1.29 is 9.13 Å². The summed E-state index contributed by atoms with van der Waals surface area (Å²) in [5, 5.41) is 17.1. The first-order chi connectivity index (χ1) is 11.2. The molecular formula is C16H18FN5O. The molecule has 1 aliphatic rings. The van der Waals surface area contributed by atoms with Crippen molar-refractivity contribution in [1.29, 1.82) is 5.26 Å². The van der Waals surface area contributed by atoms with E-state index in [4.69, 9.17) is 10.5 Å². The molecule has 1 saturated heterocycles. The van der Waals surface area contributed by atoms with Gasteiger partial charge in [0.15, 0.2) is 11.6 Å². The van der Waals surface area contributed by atoms with E-state index in [-0.39, 0.29) is 18.4 Å². The van der Waals surface area contributed by atoms with E-state index in [0.29, 0.717) is 16.9 Å². The maximum Gasteiger partial charge on any atom is 0.167 e. The highest BCUT2D eigenvalue weighted by atomic mass is 19.1. The first kappa shape index (κ1) is 15.3. The number of nitriles is 1. The molecule has 1 aromatic carbocycles. The Bertz CT molecular complexity index is 731. The quantitative estimate of drug-likeness (QED) is 0.842. The van der Waals surface area contributed by atoms with E-state index < -0.39 is 5.82 Å². The Morgan fingerprint density at radius 3 is 2.91 bits per heavy atom. The van der Waals surface area contributed by atoms with Gasteiger partial charge in [-0.05, 0) is 38.1 Å². The second kappa shape index (κ2) is 6.67. The molecule has 0 aliphatic carbocycles. The number of aromatic nitrogens is 2. The molecule has 1 fully saturated rings. The number of nitrogens with one attached hydrogen (secondary N) is 1. The van der Waals surface area contributed by atoms with E-state index in [1.807, 2.05) is 0 Å². The SMILES string of the molecule is N#Cc1c(COc2ccc(N)cc2F)cnn1C1CCNCC1. The first-order valence-electron chi connectivity index (χ1n) is 7.54. The number of hydrogen-bond donors (Lipinski definition) is 2. The summed E-state index contributed by atoms with van der Waals surface area (Å²) < 4.78 is 21.0. The summed E-state index contributed by atoms with van der Waals surface area (Å²) in [4.78, 5) is 0. The summed E-state index contributed by atoms with van der Waals surface area (Å²) in [6.07, 6.45) is 3.49. The van der Waals surface area contributed by atoms with E-state index >= 15 is 0 Å². The predicted molar refractivity (Wildman–Crippen MR) is 83.2 cm³/mol. The zero-order valence-electron chi connectivity index (χ0n) is 12.6. The lowest BCUT2D eigenvalue weighted by Gasteiger charge is -2.23. The van der Waals surface area contributed by atoms with E-state index in [0.717, 1.165) is 25.9 Å². The van der Waals surface area contributed by atoms with Crippen molar-refractivity contribution in [3.05, 3.63) is 41.5 Å². The number of piperidine rings is 1. The van der Waals surface area contributed by atoms with Crippen LogP contribution in [0.25, 0.3) is 0 Å². The van der Waals surface area contributed by atoms with E-state index in [2.05, 4.69) is 16.5 Å². The van der Waals surface area contributed by atoms with E-state index in [1.54, 1.807) is 16.9 Å². The number of ether oxygens (including phenoxy) is 1. The smallest absolute Gasteiger partial charge is 0.167 e. The maximum absolute atomic E-state index is 13.7. The summed E-state index contributed by atoms with van der Waals surface area (Å²) in [7, 11) is 0. The van der Waals surface area contributed by atoms with Gasteiger partial charge in [0.1, 0.15) is 18.4 Å². The summed E-state index contributed by atoms with van der Waals surface area (Å²) in [5.74, 6) is -0.410. The van der Waals surface area contributed by atoms with Crippen LogP contribution in [0, 0.1) is 17.1 Å². The van der Waals surface area contributed by atoms with Gasteiger partial charge in [-0.25, -0.2) is 4.39 Å². The summed E-state index contributed by atoms with van der Waals surface area (Å²) in [6, 6.07) is 6.66. The highest BCUT2D eigenvalue weighted by Crippen LogP contribution is 2.24. The molecule has 0 saturated carbocycles. The summed E-state index contributed by atoms with van der Waals surface area (Å²) in [6.45, 7) is 1.92. The average molecular weight is 315 g/mol. The van der Waals surface area contributed by atoms with Gasteiger partial charge in [0, 0.05) is 17.3 Å². The molecule has 6 nitrogen and oxygen atoms in total. The number of hydrogen-bond acceptors (Lipinski definition) is 5. The fourth-order valence-corrected chi connectivity index (χ4v) is 2.74. The molecule has 2 aromatic rings. The van der Waals surface area contributed by atoms with Crippen LogP contribution in [-0.2, 0) is 6.61 Å². The van der Waals surface area contributed by atoms with Gasteiger partial charge in [0.05, 0.1) is 12.2 Å². The van der Waals surface area contributed by atoms with Crippen molar-refractivity contribution in [2.45, 2.75) is 25.5 Å². The Kier molecular flexibility index (Phi) is 4.44. The van der Waals surface area contributed by atoms with Crippen molar-refractivity contribution in [3.63, 3.8) is 0 Å². The van der Waals surface area contributed by atoms with Gasteiger partial charge in [0.2, 0.25) is 0 Å². The molecular weight excluding hydrogens is 297 g/mol. The Morgan fingerprint density at radius 1 is 1.43 bits per heavy atom. The second-order valence-electron chi connectivity index (χ2n) is 5.53. The van der Waals surface area contributed by atoms with Crippen molar-refractivity contribution >= 4 is 5.69 Å². The minimum atomic E-state index is -0.519. The molecule has 3 rings (SSSR count). The van der Waals surface area contributed by atoms with Crippen LogP contribution < -0.4 is 15.8 Å². The molecule has 0 bridgehead atoms. The van der Waals surface area contributed by atoms with Crippen LogP contribution >= 0.6 is 0 Å².